The van der Waals surface area contributed by atoms with Gasteiger partial charge in [-0.25, -0.2) is 4.79 Å². The van der Waals surface area contributed by atoms with Crippen LogP contribution in [-0.2, 0) is 4.74 Å². The van der Waals surface area contributed by atoms with Crippen molar-refractivity contribution in [2.24, 2.45) is 0 Å². The molecule has 1 fully saturated rings. The van der Waals surface area contributed by atoms with Gasteiger partial charge in [0, 0.05) is 24.7 Å². The van der Waals surface area contributed by atoms with Crippen LogP contribution in [0.1, 0.15) is 11.6 Å². The second-order valence-corrected chi connectivity index (χ2v) is 6.63. The van der Waals surface area contributed by atoms with Crippen molar-refractivity contribution >= 4 is 23.3 Å². The summed E-state index contributed by atoms with van der Waals surface area (Å²) in [6.07, 6.45) is 0. The lowest BCUT2D eigenvalue weighted by Gasteiger charge is -2.35. The minimum absolute atomic E-state index is 0.0222. The molecule has 6 nitrogen and oxygen atoms in total. The zero-order valence-electron chi connectivity index (χ0n) is 15.3. The van der Waals surface area contributed by atoms with Crippen molar-refractivity contribution in [3.63, 3.8) is 0 Å². The van der Waals surface area contributed by atoms with Crippen LogP contribution < -0.4 is 15.4 Å². The van der Waals surface area contributed by atoms with Gasteiger partial charge in [0.1, 0.15) is 5.75 Å². The second-order valence-electron chi connectivity index (χ2n) is 6.22. The molecule has 144 valence electrons. The summed E-state index contributed by atoms with van der Waals surface area (Å²) < 4.78 is 10.7. The lowest BCUT2D eigenvalue weighted by molar-refractivity contribution is 0.0168. The van der Waals surface area contributed by atoms with Crippen LogP contribution >= 0.6 is 11.6 Å². The van der Waals surface area contributed by atoms with Gasteiger partial charge in [0.05, 0.1) is 32.1 Å². The molecule has 0 spiro atoms. The summed E-state index contributed by atoms with van der Waals surface area (Å²) in [5, 5.41) is 6.49. The van der Waals surface area contributed by atoms with Gasteiger partial charge in [0.15, 0.2) is 0 Å². The highest BCUT2D eigenvalue weighted by atomic mass is 35.5. The van der Waals surface area contributed by atoms with E-state index in [1.807, 2.05) is 36.4 Å². The number of ether oxygens (including phenoxy) is 2. The van der Waals surface area contributed by atoms with Gasteiger partial charge in [-0.05, 0) is 23.8 Å². The fraction of sp³-hybridized carbons (Fsp3) is 0.350. The van der Waals surface area contributed by atoms with Crippen LogP contribution in [0.3, 0.4) is 0 Å². The van der Waals surface area contributed by atoms with Crippen molar-refractivity contribution < 1.29 is 14.3 Å². The summed E-state index contributed by atoms with van der Waals surface area (Å²) >= 11 is 6.42. The molecule has 1 heterocycles. The average molecular weight is 390 g/mol. The van der Waals surface area contributed by atoms with E-state index in [1.165, 1.54) is 0 Å². The average Bonchev–Trinajstić information content (AvgIpc) is 2.70. The standard InChI is InChI=1S/C20H24ClN3O3/c1-26-19-9-5-4-8-17(19)23-20(25)22-14-18(24-10-12-27-13-11-24)15-6-2-3-7-16(15)21/h2-9,18H,10-14H2,1H3,(H2,22,23,25). The van der Waals surface area contributed by atoms with Crippen LogP contribution in [-0.4, -0.2) is 50.9 Å². The number of nitrogens with one attached hydrogen (secondary N) is 2. The van der Waals surface area contributed by atoms with E-state index in [9.17, 15) is 4.79 Å². The van der Waals surface area contributed by atoms with Crippen molar-refractivity contribution in [3.05, 3.63) is 59.1 Å². The summed E-state index contributed by atoms with van der Waals surface area (Å²) in [4.78, 5) is 14.7. The van der Waals surface area contributed by atoms with Gasteiger partial charge >= 0.3 is 6.03 Å². The zero-order chi connectivity index (χ0) is 19.1. The maximum Gasteiger partial charge on any atom is 0.319 e. The minimum atomic E-state index is -0.287. The van der Waals surface area contributed by atoms with E-state index in [0.29, 0.717) is 36.2 Å². The molecular formula is C20H24ClN3O3. The Morgan fingerprint density at radius 3 is 2.63 bits per heavy atom. The number of methoxy groups -OCH3 is 1. The van der Waals surface area contributed by atoms with Crippen LogP contribution in [0.4, 0.5) is 10.5 Å². The molecule has 7 heteroatoms. The van der Waals surface area contributed by atoms with Crippen molar-refractivity contribution in [3.8, 4) is 5.75 Å². The molecule has 0 bridgehead atoms. The highest BCUT2D eigenvalue weighted by Crippen LogP contribution is 2.28. The van der Waals surface area contributed by atoms with Crippen LogP contribution in [0.15, 0.2) is 48.5 Å². The van der Waals surface area contributed by atoms with Crippen molar-refractivity contribution in [1.29, 1.82) is 0 Å². The third kappa shape index (κ3) is 5.13. The first-order chi connectivity index (χ1) is 13.2. The topological polar surface area (TPSA) is 62.8 Å². The Labute approximate surface area is 164 Å². The molecule has 1 saturated heterocycles. The van der Waals surface area contributed by atoms with Gasteiger partial charge in [-0.15, -0.1) is 0 Å². The number of hydrogen-bond acceptors (Lipinski definition) is 4. The summed E-state index contributed by atoms with van der Waals surface area (Å²) in [7, 11) is 1.57. The van der Waals surface area contributed by atoms with Crippen molar-refractivity contribution in [2.45, 2.75) is 6.04 Å². The number of carbonyl (C=O) groups is 1. The van der Waals surface area contributed by atoms with E-state index in [0.717, 1.165) is 18.7 Å². The van der Waals surface area contributed by atoms with Gasteiger partial charge in [-0.3, -0.25) is 4.90 Å². The quantitative estimate of drug-likeness (QED) is 0.793. The van der Waals surface area contributed by atoms with Gasteiger partial charge in [-0.2, -0.15) is 0 Å². The normalized spacial score (nSPS) is 15.8. The Bertz CT molecular complexity index is 766. The SMILES string of the molecule is COc1ccccc1NC(=O)NCC(c1ccccc1Cl)N1CCOCC1. The van der Waals surface area contributed by atoms with Crippen LogP contribution in [0, 0.1) is 0 Å². The number of nitrogens with zero attached hydrogens (tertiary/aromatic N) is 1. The number of rotatable bonds is 6. The Hall–Kier alpha value is -2.28. The van der Waals surface area contributed by atoms with Gasteiger partial charge in [0.25, 0.3) is 0 Å². The number of para-hydroxylation sites is 2. The first-order valence-electron chi connectivity index (χ1n) is 8.93. The van der Waals surface area contributed by atoms with Crippen molar-refractivity contribution in [1.82, 2.24) is 10.2 Å². The number of benzene rings is 2. The number of carbonyl (C=O) groups excluding carboxylic acids is 1. The fourth-order valence-electron chi connectivity index (χ4n) is 3.17. The van der Waals surface area contributed by atoms with E-state index in [4.69, 9.17) is 21.1 Å². The predicted octanol–water partition coefficient (Wildman–Crippen LogP) is 3.54. The first-order valence-corrected chi connectivity index (χ1v) is 9.31. The number of urea groups is 1. The molecule has 2 aromatic rings. The maximum atomic E-state index is 12.4. The summed E-state index contributed by atoms with van der Waals surface area (Å²) in [5.41, 5.74) is 1.62. The van der Waals surface area contributed by atoms with Crippen molar-refractivity contribution in [2.75, 3.05) is 45.3 Å². The summed E-state index contributed by atoms with van der Waals surface area (Å²) in [5.74, 6) is 0.614. The Kier molecular flexibility index (Phi) is 6.92. The number of anilines is 1. The fourth-order valence-corrected chi connectivity index (χ4v) is 3.44. The number of halogens is 1. The smallest absolute Gasteiger partial charge is 0.319 e. The lowest BCUT2D eigenvalue weighted by atomic mass is 10.0. The van der Waals surface area contributed by atoms with Gasteiger partial charge < -0.3 is 20.1 Å². The molecule has 3 rings (SSSR count). The highest BCUT2D eigenvalue weighted by molar-refractivity contribution is 6.31. The summed E-state index contributed by atoms with van der Waals surface area (Å²) in [6.45, 7) is 3.38. The second kappa shape index (κ2) is 9.60. The third-order valence-corrected chi connectivity index (χ3v) is 4.91. The molecule has 0 aliphatic carbocycles. The minimum Gasteiger partial charge on any atom is -0.495 e. The maximum absolute atomic E-state index is 12.4. The lowest BCUT2D eigenvalue weighted by Crippen LogP contribution is -2.44. The number of amides is 2. The third-order valence-electron chi connectivity index (χ3n) is 4.56. The Morgan fingerprint density at radius 1 is 1.19 bits per heavy atom. The van der Waals surface area contributed by atoms with Crippen LogP contribution in [0.2, 0.25) is 5.02 Å². The van der Waals surface area contributed by atoms with Gasteiger partial charge in [-0.1, -0.05) is 41.9 Å². The summed E-state index contributed by atoms with van der Waals surface area (Å²) in [6, 6.07) is 14.7. The first kappa shape index (κ1) is 19.5. The molecule has 1 aliphatic rings. The number of hydrogen-bond donors (Lipinski definition) is 2. The van der Waals surface area contributed by atoms with Crippen LogP contribution in [0.25, 0.3) is 0 Å². The van der Waals surface area contributed by atoms with E-state index < -0.39 is 0 Å². The Morgan fingerprint density at radius 2 is 1.89 bits per heavy atom. The molecule has 1 atom stereocenters. The molecule has 2 amide bonds. The van der Waals surface area contributed by atoms with E-state index in [2.05, 4.69) is 15.5 Å². The molecule has 2 N–H and O–H groups in total. The predicted molar refractivity (Wildman–Crippen MR) is 107 cm³/mol. The van der Waals surface area contributed by atoms with E-state index >= 15 is 0 Å². The van der Waals surface area contributed by atoms with Gasteiger partial charge in [0.2, 0.25) is 0 Å². The molecule has 2 aromatic carbocycles. The highest BCUT2D eigenvalue weighted by Gasteiger charge is 2.25. The molecule has 1 unspecified atom stereocenters. The molecule has 0 saturated carbocycles. The number of morpholine rings is 1. The molecule has 0 aromatic heterocycles. The molecule has 1 aliphatic heterocycles. The van der Waals surface area contributed by atoms with E-state index in [-0.39, 0.29) is 12.1 Å². The molecule has 27 heavy (non-hydrogen) atoms. The van der Waals surface area contributed by atoms with E-state index in [1.54, 1.807) is 19.2 Å². The molecular weight excluding hydrogens is 366 g/mol. The zero-order valence-corrected chi connectivity index (χ0v) is 16.0. The monoisotopic (exact) mass is 389 g/mol. The largest absolute Gasteiger partial charge is 0.495 e. The van der Waals surface area contributed by atoms with Crippen LogP contribution in [0.5, 0.6) is 5.75 Å². The molecule has 0 radical (unpaired) electrons. The Balaban J connectivity index is 1.69.